The van der Waals surface area contributed by atoms with E-state index in [9.17, 15) is 14.9 Å². The molecule has 0 atom stereocenters. The number of nitro groups is 1. The minimum Gasteiger partial charge on any atom is -0.434 e. The average molecular weight is 304 g/mol. The molecule has 0 heterocycles. The van der Waals surface area contributed by atoms with Gasteiger partial charge in [-0.3, -0.25) is 10.1 Å². The molecule has 0 fully saturated rings. The zero-order valence-electron chi connectivity index (χ0n) is 9.01. The van der Waals surface area contributed by atoms with Gasteiger partial charge in [0.2, 0.25) is 5.75 Å². The van der Waals surface area contributed by atoms with Gasteiger partial charge in [-0.05, 0) is 18.6 Å². The quantitative estimate of drug-likeness (QED) is 0.369. The van der Waals surface area contributed by atoms with Crippen LogP contribution in [0.4, 0.5) is 10.5 Å². The van der Waals surface area contributed by atoms with Gasteiger partial charge in [-0.1, -0.05) is 22.9 Å². The molecular formula is C10H10BrNO5. The second-order valence-electron chi connectivity index (χ2n) is 3.07. The van der Waals surface area contributed by atoms with Gasteiger partial charge < -0.3 is 9.47 Å². The summed E-state index contributed by atoms with van der Waals surface area (Å²) in [6.07, 6.45) is -0.297. The maximum Gasteiger partial charge on any atom is 0.514 e. The lowest BCUT2D eigenvalue weighted by atomic mass is 10.3. The molecule has 7 heteroatoms. The Morgan fingerprint density at radius 3 is 2.82 bits per heavy atom. The molecule has 0 saturated carbocycles. The van der Waals surface area contributed by atoms with Gasteiger partial charge in [0, 0.05) is 10.5 Å². The molecule has 0 aromatic heterocycles. The zero-order valence-corrected chi connectivity index (χ0v) is 10.6. The van der Waals surface area contributed by atoms with E-state index in [-0.39, 0.29) is 18.0 Å². The Hall–Kier alpha value is -1.63. The summed E-state index contributed by atoms with van der Waals surface area (Å²) in [5, 5.41) is 10.7. The van der Waals surface area contributed by atoms with E-state index < -0.39 is 11.1 Å². The molecule has 1 aromatic carbocycles. The van der Waals surface area contributed by atoms with Crippen LogP contribution in [0.2, 0.25) is 0 Å². The molecule has 0 spiro atoms. The minimum absolute atomic E-state index is 0.140. The Morgan fingerprint density at radius 2 is 2.24 bits per heavy atom. The Balaban J connectivity index is 2.83. The van der Waals surface area contributed by atoms with Crippen molar-refractivity contribution < 1.29 is 19.2 Å². The second-order valence-corrected chi connectivity index (χ2v) is 3.99. The number of nitro benzene ring substituents is 1. The monoisotopic (exact) mass is 303 g/mol. The van der Waals surface area contributed by atoms with E-state index in [4.69, 9.17) is 4.74 Å². The normalized spacial score (nSPS) is 9.76. The summed E-state index contributed by atoms with van der Waals surface area (Å²) in [7, 11) is 0. The van der Waals surface area contributed by atoms with Crippen LogP contribution >= 0.6 is 15.9 Å². The van der Waals surface area contributed by atoms with E-state index in [0.29, 0.717) is 10.9 Å². The Bertz CT molecular complexity index is 435. The van der Waals surface area contributed by atoms with Crippen LogP contribution in [0.15, 0.2) is 22.7 Å². The van der Waals surface area contributed by atoms with Crippen molar-refractivity contribution in [1.82, 2.24) is 0 Å². The molecule has 92 valence electrons. The molecular weight excluding hydrogens is 294 g/mol. The molecule has 6 nitrogen and oxygen atoms in total. The van der Waals surface area contributed by atoms with Gasteiger partial charge in [-0.25, -0.2) is 4.79 Å². The van der Waals surface area contributed by atoms with E-state index in [1.165, 1.54) is 18.2 Å². The third-order valence-electron chi connectivity index (χ3n) is 1.74. The lowest BCUT2D eigenvalue weighted by molar-refractivity contribution is -0.385. The molecule has 17 heavy (non-hydrogen) atoms. The largest absolute Gasteiger partial charge is 0.514 e. The van der Waals surface area contributed by atoms with Gasteiger partial charge in [-0.15, -0.1) is 0 Å². The number of ether oxygens (including phenoxy) is 2. The maximum atomic E-state index is 11.2. The van der Waals surface area contributed by atoms with Crippen molar-refractivity contribution in [3.05, 3.63) is 32.8 Å². The maximum absolute atomic E-state index is 11.2. The van der Waals surface area contributed by atoms with Crippen LogP contribution in [0.25, 0.3) is 0 Å². The third-order valence-corrected chi connectivity index (χ3v) is 2.23. The number of hydrogen-bond donors (Lipinski definition) is 0. The highest BCUT2D eigenvalue weighted by atomic mass is 79.9. The summed E-state index contributed by atoms with van der Waals surface area (Å²) in [4.78, 5) is 21.2. The number of halogens is 1. The summed E-state index contributed by atoms with van der Waals surface area (Å²) in [5.74, 6) is -0.140. The van der Waals surface area contributed by atoms with E-state index in [1.54, 1.807) is 0 Å². The van der Waals surface area contributed by atoms with Crippen molar-refractivity contribution in [2.75, 3.05) is 6.61 Å². The summed E-state index contributed by atoms with van der Waals surface area (Å²) in [6, 6.07) is 4.12. The van der Waals surface area contributed by atoms with Crippen LogP contribution in [0.1, 0.15) is 13.3 Å². The van der Waals surface area contributed by atoms with Crippen molar-refractivity contribution >= 4 is 27.8 Å². The summed E-state index contributed by atoms with van der Waals surface area (Å²) >= 11 is 3.10. The van der Waals surface area contributed by atoms with Crippen LogP contribution in [0.3, 0.4) is 0 Å². The molecule has 0 aliphatic heterocycles. The Labute approximate surface area is 106 Å². The fourth-order valence-electron chi connectivity index (χ4n) is 1.02. The van der Waals surface area contributed by atoms with Crippen molar-refractivity contribution in [1.29, 1.82) is 0 Å². The molecule has 0 unspecified atom stereocenters. The molecule has 1 aromatic rings. The van der Waals surface area contributed by atoms with Crippen LogP contribution < -0.4 is 4.74 Å². The molecule has 0 aliphatic carbocycles. The van der Waals surface area contributed by atoms with E-state index in [2.05, 4.69) is 20.7 Å². The molecule has 0 radical (unpaired) electrons. The smallest absolute Gasteiger partial charge is 0.434 e. The Kier molecular flexibility index (Phi) is 4.89. The zero-order chi connectivity index (χ0) is 12.8. The van der Waals surface area contributed by atoms with Crippen LogP contribution in [-0.2, 0) is 4.74 Å². The van der Waals surface area contributed by atoms with Crippen molar-refractivity contribution in [2.45, 2.75) is 13.3 Å². The van der Waals surface area contributed by atoms with Gasteiger partial charge in [0.15, 0.2) is 0 Å². The highest BCUT2D eigenvalue weighted by Crippen LogP contribution is 2.30. The number of rotatable bonds is 4. The van der Waals surface area contributed by atoms with Crippen molar-refractivity contribution in [2.24, 2.45) is 0 Å². The van der Waals surface area contributed by atoms with Gasteiger partial charge in [0.25, 0.3) is 0 Å². The molecule has 0 bridgehead atoms. The predicted molar refractivity (Wildman–Crippen MR) is 63.1 cm³/mol. The summed E-state index contributed by atoms with van der Waals surface area (Å²) < 4.78 is 9.93. The fourth-order valence-corrected chi connectivity index (χ4v) is 1.37. The predicted octanol–water partition coefficient (Wildman–Crippen LogP) is 3.28. The standard InChI is InChI=1S/C10H10BrNO5/c1-2-5-16-10(13)17-9-4-3-7(11)6-8(9)12(14)15/h3-4,6H,2,5H2,1H3. The highest BCUT2D eigenvalue weighted by Gasteiger charge is 2.18. The van der Waals surface area contributed by atoms with Crippen molar-refractivity contribution in [3.8, 4) is 5.75 Å². The van der Waals surface area contributed by atoms with E-state index >= 15 is 0 Å². The summed E-state index contributed by atoms with van der Waals surface area (Å²) in [5.41, 5.74) is -0.298. The lowest BCUT2D eigenvalue weighted by Crippen LogP contribution is -2.12. The van der Waals surface area contributed by atoms with Gasteiger partial charge >= 0.3 is 11.8 Å². The number of nitrogens with zero attached hydrogens (tertiary/aromatic N) is 1. The highest BCUT2D eigenvalue weighted by molar-refractivity contribution is 9.10. The Morgan fingerprint density at radius 1 is 1.53 bits per heavy atom. The third kappa shape index (κ3) is 4.03. The first-order valence-corrected chi connectivity index (χ1v) is 5.62. The van der Waals surface area contributed by atoms with Gasteiger partial charge in [0.1, 0.15) is 0 Å². The molecule has 0 N–H and O–H groups in total. The minimum atomic E-state index is -0.947. The molecule has 1 rings (SSSR count). The number of hydrogen-bond acceptors (Lipinski definition) is 5. The van der Waals surface area contributed by atoms with E-state index in [0.717, 1.165) is 0 Å². The first-order valence-electron chi connectivity index (χ1n) is 4.83. The average Bonchev–Trinajstić information content (AvgIpc) is 2.28. The molecule has 0 saturated heterocycles. The first kappa shape index (κ1) is 13.4. The van der Waals surface area contributed by atoms with Gasteiger partial charge in [0.05, 0.1) is 11.5 Å². The molecule has 0 aliphatic rings. The number of benzene rings is 1. The van der Waals surface area contributed by atoms with Crippen LogP contribution in [0, 0.1) is 10.1 Å². The van der Waals surface area contributed by atoms with Gasteiger partial charge in [-0.2, -0.15) is 0 Å². The number of carbonyl (C=O) groups is 1. The lowest BCUT2D eigenvalue weighted by Gasteiger charge is -2.05. The fraction of sp³-hybridized carbons (Fsp3) is 0.300. The first-order chi connectivity index (χ1) is 8.04. The second kappa shape index (κ2) is 6.19. The topological polar surface area (TPSA) is 78.7 Å². The number of carbonyl (C=O) groups excluding carboxylic acids is 1. The van der Waals surface area contributed by atoms with Crippen molar-refractivity contribution in [3.63, 3.8) is 0 Å². The van der Waals surface area contributed by atoms with Crippen LogP contribution in [0.5, 0.6) is 5.75 Å². The van der Waals surface area contributed by atoms with E-state index in [1.807, 2.05) is 6.92 Å². The summed E-state index contributed by atoms with van der Waals surface area (Å²) in [6.45, 7) is 2.04. The van der Waals surface area contributed by atoms with Crippen LogP contribution in [-0.4, -0.2) is 17.7 Å². The molecule has 0 amide bonds. The SMILES string of the molecule is CCCOC(=O)Oc1ccc(Br)cc1[N+](=O)[O-].